The van der Waals surface area contributed by atoms with Crippen LogP contribution in [0.4, 0.5) is 14.5 Å². The second kappa shape index (κ2) is 11.4. The number of halogens is 2. The van der Waals surface area contributed by atoms with Crippen molar-refractivity contribution in [1.29, 1.82) is 0 Å². The van der Waals surface area contributed by atoms with Gasteiger partial charge in [0.15, 0.2) is 6.17 Å². The van der Waals surface area contributed by atoms with Crippen LogP contribution in [0.15, 0.2) is 103 Å². The number of piperidine rings is 1. The highest BCUT2D eigenvalue weighted by atomic mass is 19.2. The molecule has 2 aromatic rings. The lowest BCUT2D eigenvalue weighted by atomic mass is 9.86. The van der Waals surface area contributed by atoms with Gasteiger partial charge in [0, 0.05) is 23.4 Å². The summed E-state index contributed by atoms with van der Waals surface area (Å²) < 4.78 is 33.4. The van der Waals surface area contributed by atoms with Gasteiger partial charge in [0.1, 0.15) is 22.9 Å². The molecule has 3 N–H and O–H groups in total. The Hall–Kier alpha value is -3.71. The third kappa shape index (κ3) is 6.29. The van der Waals surface area contributed by atoms with Crippen molar-refractivity contribution in [2.45, 2.75) is 31.5 Å². The number of anilines is 1. The van der Waals surface area contributed by atoms with Crippen molar-refractivity contribution in [1.82, 2.24) is 10.6 Å². The molecule has 5 nitrogen and oxygen atoms in total. The van der Waals surface area contributed by atoms with Crippen molar-refractivity contribution in [2.24, 2.45) is 5.92 Å². The fourth-order valence-corrected chi connectivity index (χ4v) is 4.35. The first-order valence-corrected chi connectivity index (χ1v) is 12.1. The van der Waals surface area contributed by atoms with E-state index in [0.29, 0.717) is 54.4 Å². The molecule has 1 heterocycles. The van der Waals surface area contributed by atoms with Gasteiger partial charge in [0.05, 0.1) is 0 Å². The van der Waals surface area contributed by atoms with Crippen LogP contribution in [0.3, 0.4) is 0 Å². The van der Waals surface area contributed by atoms with E-state index in [0.717, 1.165) is 0 Å². The molecule has 4 rings (SSSR count). The Kier molecular flexibility index (Phi) is 8.00. The molecular weight excluding hydrogens is 460 g/mol. The van der Waals surface area contributed by atoms with Crippen molar-refractivity contribution in [3.63, 3.8) is 0 Å². The molecule has 0 saturated carbocycles. The number of nitrogens with one attached hydrogen (secondary N) is 3. The number of carbonyl (C=O) groups is 1. The van der Waals surface area contributed by atoms with Gasteiger partial charge in [0.25, 0.3) is 0 Å². The predicted molar refractivity (Wildman–Crippen MR) is 139 cm³/mol. The highest BCUT2D eigenvalue weighted by Crippen LogP contribution is 2.29. The summed E-state index contributed by atoms with van der Waals surface area (Å²) >= 11 is 0. The zero-order valence-corrected chi connectivity index (χ0v) is 20.3. The molecule has 36 heavy (non-hydrogen) atoms. The molecule has 188 valence electrons. The minimum atomic E-state index is -1.61. The summed E-state index contributed by atoms with van der Waals surface area (Å²) in [6.07, 6.45) is 5.73. The van der Waals surface area contributed by atoms with E-state index in [4.69, 9.17) is 4.74 Å². The molecule has 0 aromatic heterocycles. The summed E-state index contributed by atoms with van der Waals surface area (Å²) in [5.41, 5.74) is 0.827. The minimum Gasteiger partial charge on any atom is -0.457 e. The Morgan fingerprint density at radius 1 is 1.14 bits per heavy atom. The summed E-state index contributed by atoms with van der Waals surface area (Å²) in [7, 11) is 0. The van der Waals surface area contributed by atoms with E-state index in [1.807, 2.05) is 48.5 Å². The number of amides is 1. The molecule has 1 fully saturated rings. The fourth-order valence-electron chi connectivity index (χ4n) is 4.35. The molecule has 2 unspecified atom stereocenters. The van der Waals surface area contributed by atoms with E-state index in [1.165, 1.54) is 6.08 Å². The van der Waals surface area contributed by atoms with Gasteiger partial charge in [-0.2, -0.15) is 0 Å². The van der Waals surface area contributed by atoms with E-state index in [1.54, 1.807) is 31.2 Å². The number of benzene rings is 2. The van der Waals surface area contributed by atoms with Gasteiger partial charge < -0.3 is 20.7 Å². The van der Waals surface area contributed by atoms with Crippen LogP contribution in [0.25, 0.3) is 0 Å². The highest BCUT2D eigenvalue weighted by Gasteiger charge is 2.39. The number of allylic oxidation sites excluding steroid dienone is 6. The third-order valence-electron chi connectivity index (χ3n) is 6.32. The van der Waals surface area contributed by atoms with Gasteiger partial charge in [-0.3, -0.25) is 4.79 Å². The lowest BCUT2D eigenvalue weighted by molar-refractivity contribution is -0.123. The number of hydrogen-bond donors (Lipinski definition) is 3. The molecule has 1 aliphatic carbocycles. The van der Waals surface area contributed by atoms with Gasteiger partial charge in [-0.1, -0.05) is 49.9 Å². The monoisotopic (exact) mass is 491 g/mol. The molecule has 0 radical (unpaired) electrons. The molecule has 2 aromatic carbocycles. The maximum Gasteiger partial charge on any atom is 0.250 e. The fraction of sp³-hybridized carbons (Fsp3) is 0.276. The molecule has 0 bridgehead atoms. The summed E-state index contributed by atoms with van der Waals surface area (Å²) in [6, 6.07) is 16.7. The first-order valence-electron chi connectivity index (χ1n) is 12.1. The van der Waals surface area contributed by atoms with Crippen molar-refractivity contribution >= 4 is 11.6 Å². The third-order valence-corrected chi connectivity index (χ3v) is 6.32. The van der Waals surface area contributed by atoms with Gasteiger partial charge in [-0.15, -0.1) is 0 Å². The van der Waals surface area contributed by atoms with Gasteiger partial charge >= 0.3 is 0 Å². The second-order valence-corrected chi connectivity index (χ2v) is 9.17. The summed E-state index contributed by atoms with van der Waals surface area (Å²) in [4.78, 5) is 13.5. The van der Waals surface area contributed by atoms with Gasteiger partial charge in [0.2, 0.25) is 5.91 Å². The normalized spacial score (nSPS) is 21.3. The van der Waals surface area contributed by atoms with E-state index in [2.05, 4.69) is 22.5 Å². The maximum absolute atomic E-state index is 13.8. The number of para-hydroxylation sites is 1. The van der Waals surface area contributed by atoms with E-state index in [9.17, 15) is 13.6 Å². The largest absolute Gasteiger partial charge is 0.457 e. The van der Waals surface area contributed by atoms with Crippen LogP contribution in [0.2, 0.25) is 0 Å². The first kappa shape index (κ1) is 25.4. The topological polar surface area (TPSA) is 62.4 Å². The highest BCUT2D eigenvalue weighted by molar-refractivity contribution is 5.98. The molecule has 1 amide bonds. The molecule has 1 aliphatic heterocycles. The zero-order valence-electron chi connectivity index (χ0n) is 20.3. The lowest BCUT2D eigenvalue weighted by Crippen LogP contribution is -2.59. The average molecular weight is 492 g/mol. The maximum atomic E-state index is 13.8. The number of rotatable bonds is 8. The number of carbonyl (C=O) groups excluding carboxylic acids is 1. The lowest BCUT2D eigenvalue weighted by Gasteiger charge is -2.38. The first-order chi connectivity index (χ1) is 17.3. The van der Waals surface area contributed by atoms with E-state index < -0.39 is 23.5 Å². The van der Waals surface area contributed by atoms with Crippen molar-refractivity contribution in [2.75, 3.05) is 18.4 Å². The SMILES string of the molecule is C=C(/C=C/C1=CC(C)C(F)C(F)=C1)NC1(C(=O)Nc2cccc(Oc3ccccc3)c2)CCNCC1. The molecule has 7 heteroatoms. The Morgan fingerprint density at radius 3 is 2.58 bits per heavy atom. The Morgan fingerprint density at radius 2 is 1.86 bits per heavy atom. The molecule has 2 atom stereocenters. The van der Waals surface area contributed by atoms with Gasteiger partial charge in [-0.05, 0) is 67.9 Å². The summed E-state index contributed by atoms with van der Waals surface area (Å²) in [5.74, 6) is -0.175. The molecule has 2 aliphatic rings. The smallest absolute Gasteiger partial charge is 0.250 e. The van der Waals surface area contributed by atoms with E-state index >= 15 is 0 Å². The predicted octanol–water partition coefficient (Wildman–Crippen LogP) is 5.97. The number of ether oxygens (including phenoxy) is 1. The second-order valence-electron chi connectivity index (χ2n) is 9.17. The molecule has 1 saturated heterocycles. The van der Waals surface area contributed by atoms with Crippen LogP contribution in [0.5, 0.6) is 11.5 Å². The Bertz CT molecular complexity index is 1180. The van der Waals surface area contributed by atoms with Crippen LogP contribution in [-0.4, -0.2) is 30.7 Å². The standard InChI is InChI=1S/C29H31F2N3O2/c1-20-17-22(18-26(30)27(20)31)12-11-21(2)34-29(13-15-32-16-14-29)28(35)33-23-7-6-10-25(19-23)36-24-8-4-3-5-9-24/h3-12,17-20,27,32,34H,2,13-16H2,1H3,(H,33,35)/b12-11+. The average Bonchev–Trinajstić information content (AvgIpc) is 2.87. The van der Waals surface area contributed by atoms with Crippen LogP contribution >= 0.6 is 0 Å². The van der Waals surface area contributed by atoms with Crippen LogP contribution in [0, 0.1) is 5.92 Å². The number of alkyl halides is 1. The zero-order chi connectivity index (χ0) is 25.5. The van der Waals surface area contributed by atoms with Crippen LogP contribution < -0.4 is 20.7 Å². The van der Waals surface area contributed by atoms with Gasteiger partial charge in [-0.25, -0.2) is 8.78 Å². The van der Waals surface area contributed by atoms with Crippen molar-refractivity contribution < 1.29 is 18.3 Å². The summed E-state index contributed by atoms with van der Waals surface area (Å²) in [6.45, 7) is 7.02. The number of hydrogen-bond acceptors (Lipinski definition) is 4. The van der Waals surface area contributed by atoms with Crippen molar-refractivity contribution in [3.05, 3.63) is 103 Å². The summed E-state index contributed by atoms with van der Waals surface area (Å²) in [5, 5.41) is 9.60. The minimum absolute atomic E-state index is 0.174. The Labute approximate surface area is 210 Å². The van der Waals surface area contributed by atoms with Crippen LogP contribution in [0.1, 0.15) is 19.8 Å². The van der Waals surface area contributed by atoms with Crippen LogP contribution in [-0.2, 0) is 4.79 Å². The molecule has 0 spiro atoms. The quantitative estimate of drug-likeness (QED) is 0.399. The van der Waals surface area contributed by atoms with Crippen molar-refractivity contribution in [3.8, 4) is 11.5 Å². The van der Waals surface area contributed by atoms with E-state index in [-0.39, 0.29) is 5.91 Å². The Balaban J connectivity index is 1.45. The molecular formula is C29H31F2N3O2.